The Labute approximate surface area is 354 Å². The third kappa shape index (κ3) is 5.39. The van der Waals surface area contributed by atoms with E-state index in [0.29, 0.717) is 5.84 Å². The van der Waals surface area contributed by atoms with E-state index in [1.54, 1.807) is 0 Å². The fraction of sp³-hybridized carbons (Fsp3) is 0.0182. The first kappa shape index (κ1) is 34.1. The van der Waals surface area contributed by atoms with Gasteiger partial charge in [0.2, 0.25) is 0 Å². The van der Waals surface area contributed by atoms with Gasteiger partial charge in [-0.15, -0.1) is 11.3 Å². The van der Waals surface area contributed by atoms with Crippen LogP contribution >= 0.6 is 11.3 Å². The zero-order valence-corrected chi connectivity index (χ0v) is 33.5. The second-order valence-electron chi connectivity index (χ2n) is 15.8. The maximum absolute atomic E-state index is 6.83. The molecule has 0 aliphatic carbocycles. The predicted octanol–water partition coefficient (Wildman–Crippen LogP) is 14.4. The molecule has 0 fully saturated rings. The molecule has 5 nitrogen and oxygen atoms in total. The van der Waals surface area contributed by atoms with Gasteiger partial charge in [-0.05, 0) is 64.4 Å². The molecule has 0 radical (unpaired) electrons. The minimum absolute atomic E-state index is 0.395. The molecule has 61 heavy (non-hydrogen) atoms. The second kappa shape index (κ2) is 13.4. The second-order valence-corrected chi connectivity index (χ2v) is 16.8. The summed E-state index contributed by atoms with van der Waals surface area (Å²) in [6.45, 7) is 0. The number of para-hydroxylation sites is 2. The Bertz CT molecular complexity index is 3800. The van der Waals surface area contributed by atoms with Gasteiger partial charge in [0.15, 0.2) is 11.4 Å². The average Bonchev–Trinajstić information content (AvgIpc) is 4.00. The van der Waals surface area contributed by atoms with E-state index in [0.717, 1.165) is 66.7 Å². The molecule has 1 aliphatic rings. The number of benzene rings is 9. The molecule has 4 heterocycles. The highest BCUT2D eigenvalue weighted by atomic mass is 32.1. The van der Waals surface area contributed by atoms with Gasteiger partial charge in [-0.25, -0.2) is 9.98 Å². The van der Waals surface area contributed by atoms with Crippen molar-refractivity contribution in [2.24, 2.45) is 9.98 Å². The lowest BCUT2D eigenvalue weighted by Crippen LogP contribution is -2.33. The van der Waals surface area contributed by atoms with Crippen LogP contribution < -0.4 is 5.32 Å². The molecule has 3 aromatic heterocycles. The summed E-state index contributed by atoms with van der Waals surface area (Å²) in [5.41, 5.74) is 10.2. The maximum atomic E-state index is 6.83. The van der Waals surface area contributed by atoms with Crippen molar-refractivity contribution in [2.75, 3.05) is 0 Å². The van der Waals surface area contributed by atoms with Crippen LogP contribution in [-0.4, -0.2) is 16.2 Å². The first-order valence-electron chi connectivity index (χ1n) is 20.6. The van der Waals surface area contributed by atoms with Crippen molar-refractivity contribution >= 4 is 97.7 Å². The monoisotopic (exact) mass is 798 g/mol. The number of aromatic nitrogens is 1. The molecule has 1 unspecified atom stereocenters. The summed E-state index contributed by atoms with van der Waals surface area (Å²) in [7, 11) is 0. The number of aliphatic imine (C=N–C) groups is 2. The lowest BCUT2D eigenvalue weighted by atomic mass is 10.0. The third-order valence-corrected chi connectivity index (χ3v) is 13.5. The van der Waals surface area contributed by atoms with Crippen molar-refractivity contribution in [3.8, 4) is 16.8 Å². The number of fused-ring (bicyclic) bond motifs is 10. The number of rotatable bonds is 5. The zero-order chi connectivity index (χ0) is 40.0. The Hall–Kier alpha value is -7.80. The Morgan fingerprint density at radius 1 is 0.492 bits per heavy atom. The fourth-order valence-corrected chi connectivity index (χ4v) is 10.6. The summed E-state index contributed by atoms with van der Waals surface area (Å²) in [6.07, 6.45) is -0.395. The molecule has 0 bridgehead atoms. The van der Waals surface area contributed by atoms with Crippen molar-refractivity contribution in [3.05, 3.63) is 211 Å². The number of amidine groups is 2. The highest BCUT2D eigenvalue weighted by Gasteiger charge is 2.26. The summed E-state index contributed by atoms with van der Waals surface area (Å²) >= 11 is 1.82. The van der Waals surface area contributed by atoms with Crippen molar-refractivity contribution in [1.29, 1.82) is 0 Å². The molecule has 12 aromatic rings. The summed E-state index contributed by atoms with van der Waals surface area (Å²) in [6, 6.07) is 69.1. The lowest BCUT2D eigenvalue weighted by Gasteiger charge is -2.24. The topological polar surface area (TPSA) is 54.8 Å². The summed E-state index contributed by atoms with van der Waals surface area (Å²) in [5.74, 6) is 1.43. The van der Waals surface area contributed by atoms with Gasteiger partial charge < -0.3 is 14.3 Å². The minimum atomic E-state index is -0.395. The van der Waals surface area contributed by atoms with Crippen LogP contribution in [0.3, 0.4) is 0 Å². The van der Waals surface area contributed by atoms with Crippen LogP contribution in [0, 0.1) is 0 Å². The fourth-order valence-electron chi connectivity index (χ4n) is 9.34. The van der Waals surface area contributed by atoms with Crippen LogP contribution in [0.1, 0.15) is 22.9 Å². The first-order chi connectivity index (χ1) is 30.2. The minimum Gasteiger partial charge on any atom is -0.454 e. The molecule has 0 saturated heterocycles. The molecular formula is C55H34N4OS. The van der Waals surface area contributed by atoms with E-state index in [1.807, 2.05) is 17.4 Å². The van der Waals surface area contributed by atoms with E-state index < -0.39 is 6.17 Å². The zero-order valence-electron chi connectivity index (χ0n) is 32.7. The quantitative estimate of drug-likeness (QED) is 0.189. The van der Waals surface area contributed by atoms with Gasteiger partial charge in [-0.2, -0.15) is 0 Å². The number of nitrogens with one attached hydrogen (secondary N) is 1. The van der Waals surface area contributed by atoms with E-state index in [2.05, 4.69) is 198 Å². The molecule has 0 saturated carbocycles. The highest BCUT2D eigenvalue weighted by molar-refractivity contribution is 7.26. The highest BCUT2D eigenvalue weighted by Crippen LogP contribution is 2.42. The summed E-state index contributed by atoms with van der Waals surface area (Å²) in [5, 5.41) is 13.1. The van der Waals surface area contributed by atoms with Gasteiger partial charge in [0.25, 0.3) is 0 Å². The van der Waals surface area contributed by atoms with Crippen LogP contribution in [0.25, 0.3) is 91.5 Å². The van der Waals surface area contributed by atoms with Crippen LogP contribution in [0.15, 0.2) is 209 Å². The SMILES string of the molecule is c1ccc(-c2ccc(C3=NC(c4cc(-n5c6ccccc6c6cc7ccccc7cc65)c5oc6ccccc6c5c4)=NC(c4cccc5c4sc4ccccc45)N3)cc2)cc1. The van der Waals surface area contributed by atoms with Gasteiger partial charge in [0.05, 0.1) is 16.7 Å². The average molecular weight is 799 g/mol. The van der Waals surface area contributed by atoms with Gasteiger partial charge in [-0.3, -0.25) is 0 Å². The molecule has 1 N–H and O–H groups in total. The molecule has 13 rings (SSSR count). The standard InChI is InChI=1S/C55H34N4OS/c1-2-13-33(14-3-1)34-25-27-35(28-26-34)53-56-54(58-55(57-53)43-21-12-20-42-41-19-8-11-24-50(41)61-52(42)43)38-30-45-40-18-7-10-23-49(40)60-51(45)48(32-38)59-46-22-9-6-17-39(46)44-29-36-15-4-5-16-37(36)31-47(44)59/h1-32,55H,(H,56,57,58). The molecule has 286 valence electrons. The Morgan fingerprint density at radius 2 is 1.18 bits per heavy atom. The molecule has 0 amide bonds. The first-order valence-corrected chi connectivity index (χ1v) is 21.4. The van der Waals surface area contributed by atoms with Gasteiger partial charge in [-0.1, -0.05) is 152 Å². The summed E-state index contributed by atoms with van der Waals surface area (Å²) < 4.78 is 11.7. The molecule has 9 aromatic carbocycles. The number of nitrogens with zero attached hydrogens (tertiary/aromatic N) is 3. The third-order valence-electron chi connectivity index (χ3n) is 12.2. The number of hydrogen-bond donors (Lipinski definition) is 1. The van der Waals surface area contributed by atoms with Crippen LogP contribution in [0.2, 0.25) is 0 Å². The van der Waals surface area contributed by atoms with Crippen molar-refractivity contribution in [2.45, 2.75) is 6.17 Å². The van der Waals surface area contributed by atoms with Crippen LogP contribution in [-0.2, 0) is 0 Å². The van der Waals surface area contributed by atoms with Crippen molar-refractivity contribution in [1.82, 2.24) is 9.88 Å². The van der Waals surface area contributed by atoms with Crippen molar-refractivity contribution < 1.29 is 4.42 Å². The smallest absolute Gasteiger partial charge is 0.159 e. The Balaban J connectivity index is 1.07. The van der Waals surface area contributed by atoms with Crippen molar-refractivity contribution in [3.63, 3.8) is 0 Å². The van der Waals surface area contributed by atoms with E-state index in [1.165, 1.54) is 47.3 Å². The van der Waals surface area contributed by atoms with E-state index in [4.69, 9.17) is 14.4 Å². The Kier molecular flexibility index (Phi) is 7.47. The number of furan rings is 1. The maximum Gasteiger partial charge on any atom is 0.159 e. The van der Waals surface area contributed by atoms with E-state index in [9.17, 15) is 0 Å². The molecular weight excluding hydrogens is 765 g/mol. The lowest BCUT2D eigenvalue weighted by molar-refractivity contribution is 0.666. The molecule has 0 spiro atoms. The number of hydrogen-bond acceptors (Lipinski definition) is 5. The number of thiophene rings is 1. The molecule has 1 atom stereocenters. The van der Waals surface area contributed by atoms with Gasteiger partial charge in [0.1, 0.15) is 17.6 Å². The van der Waals surface area contributed by atoms with Crippen LogP contribution in [0.4, 0.5) is 0 Å². The predicted molar refractivity (Wildman–Crippen MR) is 256 cm³/mol. The normalized spacial score (nSPS) is 14.4. The summed E-state index contributed by atoms with van der Waals surface area (Å²) in [4.78, 5) is 10.9. The van der Waals surface area contributed by atoms with Crippen LogP contribution in [0.5, 0.6) is 0 Å². The van der Waals surface area contributed by atoms with Gasteiger partial charge >= 0.3 is 0 Å². The van der Waals surface area contributed by atoms with E-state index >= 15 is 0 Å². The molecule has 1 aliphatic heterocycles. The molecule has 6 heteroatoms. The largest absolute Gasteiger partial charge is 0.454 e. The Morgan fingerprint density at radius 3 is 2.05 bits per heavy atom. The van der Waals surface area contributed by atoms with Gasteiger partial charge in [0, 0.05) is 58.4 Å². The van der Waals surface area contributed by atoms with E-state index in [-0.39, 0.29) is 0 Å².